The summed E-state index contributed by atoms with van der Waals surface area (Å²) in [6.07, 6.45) is 1.57. The number of nitrogens with one attached hydrogen (secondary N) is 1. The largest absolute Gasteiger partial charge is 0.438 e. The molecule has 0 aliphatic rings. The molecule has 0 aliphatic heterocycles. The minimum Gasteiger partial charge on any atom is -0.438 e. The van der Waals surface area contributed by atoms with Crippen molar-refractivity contribution in [2.45, 2.75) is 6.92 Å². The lowest BCUT2D eigenvalue weighted by atomic mass is 10.1. The first-order chi connectivity index (χ1) is 8.99. The number of hydrogen-bond donors (Lipinski definition) is 2. The summed E-state index contributed by atoms with van der Waals surface area (Å²) >= 11 is 3.08. The molecule has 4 nitrogen and oxygen atoms in total. The maximum absolute atomic E-state index is 13.1. The van der Waals surface area contributed by atoms with Gasteiger partial charge in [0.15, 0.2) is 0 Å². The molecule has 6 heteroatoms. The first-order valence-corrected chi connectivity index (χ1v) is 6.21. The molecule has 0 spiro atoms. The lowest BCUT2D eigenvalue weighted by molar-refractivity contribution is 0.459. The third-order valence-corrected chi connectivity index (χ3v) is 3.11. The van der Waals surface area contributed by atoms with Crippen molar-refractivity contribution >= 4 is 21.8 Å². The molecular formula is C13H11BrFN3O. The first-order valence-electron chi connectivity index (χ1n) is 5.42. The highest BCUT2D eigenvalue weighted by Crippen LogP contribution is 2.28. The van der Waals surface area contributed by atoms with Crippen LogP contribution in [-0.4, -0.2) is 10.8 Å². The third kappa shape index (κ3) is 2.90. The van der Waals surface area contributed by atoms with Crippen LogP contribution in [0.4, 0.5) is 4.39 Å². The quantitative estimate of drug-likeness (QED) is 0.672. The van der Waals surface area contributed by atoms with Gasteiger partial charge in [0.2, 0.25) is 5.88 Å². The molecule has 3 N–H and O–H groups in total. The summed E-state index contributed by atoms with van der Waals surface area (Å²) in [7, 11) is 0. The van der Waals surface area contributed by atoms with Gasteiger partial charge in [-0.1, -0.05) is 0 Å². The van der Waals surface area contributed by atoms with E-state index in [4.69, 9.17) is 15.9 Å². The second kappa shape index (κ2) is 5.36. The lowest BCUT2D eigenvalue weighted by Gasteiger charge is -2.11. The molecule has 2 rings (SSSR count). The number of aryl methyl sites for hydroxylation is 1. The highest BCUT2D eigenvalue weighted by Gasteiger charge is 2.13. The molecule has 1 aromatic carbocycles. The lowest BCUT2D eigenvalue weighted by Crippen LogP contribution is -2.14. The Balaban J connectivity index is 2.40. The van der Waals surface area contributed by atoms with E-state index >= 15 is 0 Å². The highest BCUT2D eigenvalue weighted by atomic mass is 79.9. The monoisotopic (exact) mass is 323 g/mol. The van der Waals surface area contributed by atoms with Crippen molar-refractivity contribution in [3.63, 3.8) is 0 Å². The average molecular weight is 324 g/mol. The van der Waals surface area contributed by atoms with E-state index in [0.29, 0.717) is 15.8 Å². The second-order valence-corrected chi connectivity index (χ2v) is 4.75. The first kappa shape index (κ1) is 13.5. The van der Waals surface area contributed by atoms with Gasteiger partial charge in [0.05, 0.1) is 10.0 Å². The molecule has 19 heavy (non-hydrogen) atoms. The Bertz CT molecular complexity index is 646. The van der Waals surface area contributed by atoms with Crippen LogP contribution >= 0.6 is 15.9 Å². The number of aromatic nitrogens is 1. The molecule has 0 atom stereocenters. The maximum Gasteiger partial charge on any atom is 0.230 e. The number of amidine groups is 1. The van der Waals surface area contributed by atoms with Crippen LogP contribution in [0.5, 0.6) is 11.6 Å². The zero-order valence-corrected chi connectivity index (χ0v) is 11.7. The van der Waals surface area contributed by atoms with Crippen molar-refractivity contribution in [1.82, 2.24) is 4.98 Å². The topological polar surface area (TPSA) is 72.0 Å². The summed E-state index contributed by atoms with van der Waals surface area (Å²) in [5.74, 6) is 0.137. The second-order valence-electron chi connectivity index (χ2n) is 3.90. The van der Waals surface area contributed by atoms with Crippen molar-refractivity contribution in [3.05, 3.63) is 51.9 Å². The Hall–Kier alpha value is -1.95. The number of nitrogens with zero attached hydrogens (tertiary/aromatic N) is 1. The van der Waals surface area contributed by atoms with E-state index in [1.54, 1.807) is 12.3 Å². The summed E-state index contributed by atoms with van der Waals surface area (Å²) in [4.78, 5) is 4.06. The van der Waals surface area contributed by atoms with Gasteiger partial charge < -0.3 is 10.5 Å². The van der Waals surface area contributed by atoms with Crippen LogP contribution in [0.2, 0.25) is 0 Å². The van der Waals surface area contributed by atoms with Crippen LogP contribution in [0.1, 0.15) is 11.1 Å². The number of hydrogen-bond acceptors (Lipinski definition) is 3. The highest BCUT2D eigenvalue weighted by molar-refractivity contribution is 9.10. The molecular weight excluding hydrogens is 313 g/mol. The van der Waals surface area contributed by atoms with E-state index in [2.05, 4.69) is 20.9 Å². The van der Waals surface area contributed by atoms with E-state index < -0.39 is 0 Å². The molecule has 0 amide bonds. The van der Waals surface area contributed by atoms with Crippen LogP contribution in [-0.2, 0) is 0 Å². The minimum atomic E-state index is -0.378. The molecule has 1 heterocycles. The third-order valence-electron chi connectivity index (χ3n) is 2.50. The van der Waals surface area contributed by atoms with E-state index in [1.807, 2.05) is 6.92 Å². The Morgan fingerprint density at radius 3 is 2.79 bits per heavy atom. The van der Waals surface area contributed by atoms with Crippen LogP contribution in [0, 0.1) is 18.2 Å². The predicted octanol–water partition coefficient (Wildman–Crippen LogP) is 3.37. The number of halogens is 2. The van der Waals surface area contributed by atoms with E-state index in [-0.39, 0.29) is 17.5 Å². The van der Waals surface area contributed by atoms with Crippen LogP contribution in [0.25, 0.3) is 0 Å². The Kier molecular flexibility index (Phi) is 3.80. The van der Waals surface area contributed by atoms with Gasteiger partial charge in [-0.05, 0) is 52.7 Å². The van der Waals surface area contributed by atoms with Crippen molar-refractivity contribution in [3.8, 4) is 11.6 Å². The van der Waals surface area contributed by atoms with E-state index in [1.165, 1.54) is 18.2 Å². The Labute approximate surface area is 118 Å². The molecule has 98 valence electrons. The molecule has 1 aromatic heterocycles. The van der Waals surface area contributed by atoms with Crippen molar-refractivity contribution in [2.24, 2.45) is 5.73 Å². The molecule has 0 bridgehead atoms. The molecule has 0 aliphatic carbocycles. The van der Waals surface area contributed by atoms with Gasteiger partial charge in [-0.15, -0.1) is 0 Å². The zero-order valence-electron chi connectivity index (χ0n) is 10.1. The Morgan fingerprint density at radius 1 is 1.42 bits per heavy atom. The smallest absolute Gasteiger partial charge is 0.230 e. The normalized spacial score (nSPS) is 10.3. The summed E-state index contributed by atoms with van der Waals surface area (Å²) in [6.45, 7) is 1.81. The van der Waals surface area contributed by atoms with Gasteiger partial charge in [0.1, 0.15) is 17.4 Å². The van der Waals surface area contributed by atoms with Crippen molar-refractivity contribution in [1.29, 1.82) is 5.41 Å². The van der Waals surface area contributed by atoms with Crippen LogP contribution in [0.3, 0.4) is 0 Å². The number of nitrogens with two attached hydrogens (primary N) is 1. The SMILES string of the molecule is Cc1ccnc(Oc2ccc(F)c(Br)c2)c1C(=N)N. The maximum atomic E-state index is 13.1. The summed E-state index contributed by atoms with van der Waals surface area (Å²) in [6, 6.07) is 5.99. The fourth-order valence-corrected chi connectivity index (χ4v) is 1.95. The van der Waals surface area contributed by atoms with E-state index in [0.717, 1.165) is 5.56 Å². The molecule has 0 saturated carbocycles. The number of pyridine rings is 1. The zero-order chi connectivity index (χ0) is 14.0. The summed E-state index contributed by atoms with van der Waals surface area (Å²) < 4.78 is 19.0. The number of benzene rings is 1. The summed E-state index contributed by atoms with van der Waals surface area (Å²) in [5, 5.41) is 7.55. The fourth-order valence-electron chi connectivity index (χ4n) is 1.59. The standard InChI is InChI=1S/C13H11BrFN3O/c1-7-4-5-18-13(11(7)12(16)17)19-8-2-3-10(15)9(14)6-8/h2-6H,1H3,(H3,16,17). The van der Waals surface area contributed by atoms with Gasteiger partial charge in [-0.2, -0.15) is 0 Å². The average Bonchev–Trinajstić information content (AvgIpc) is 2.33. The Morgan fingerprint density at radius 2 is 2.16 bits per heavy atom. The van der Waals surface area contributed by atoms with Gasteiger partial charge in [0.25, 0.3) is 0 Å². The molecule has 0 fully saturated rings. The van der Waals surface area contributed by atoms with Gasteiger partial charge in [0, 0.05) is 6.20 Å². The molecule has 2 aromatic rings. The van der Waals surface area contributed by atoms with Gasteiger partial charge in [-0.3, -0.25) is 5.41 Å². The fraction of sp³-hybridized carbons (Fsp3) is 0.0769. The van der Waals surface area contributed by atoms with E-state index in [9.17, 15) is 4.39 Å². The van der Waals surface area contributed by atoms with Crippen LogP contribution < -0.4 is 10.5 Å². The van der Waals surface area contributed by atoms with Crippen LogP contribution in [0.15, 0.2) is 34.9 Å². The summed E-state index contributed by atoms with van der Waals surface area (Å²) in [5.41, 5.74) is 6.74. The molecule has 0 unspecified atom stereocenters. The van der Waals surface area contributed by atoms with Gasteiger partial charge in [-0.25, -0.2) is 9.37 Å². The number of rotatable bonds is 3. The van der Waals surface area contributed by atoms with Crippen molar-refractivity contribution in [2.75, 3.05) is 0 Å². The molecule has 0 saturated heterocycles. The molecule has 0 radical (unpaired) electrons. The number of ether oxygens (including phenoxy) is 1. The van der Waals surface area contributed by atoms with Gasteiger partial charge >= 0.3 is 0 Å². The minimum absolute atomic E-state index is 0.123. The number of nitrogen functional groups attached to an aromatic ring is 1. The van der Waals surface area contributed by atoms with Crippen molar-refractivity contribution < 1.29 is 9.13 Å². The predicted molar refractivity (Wildman–Crippen MR) is 74.2 cm³/mol.